The van der Waals surface area contributed by atoms with Crippen molar-refractivity contribution >= 4 is 0 Å². The summed E-state index contributed by atoms with van der Waals surface area (Å²) in [5.74, 6) is 1.74. The summed E-state index contributed by atoms with van der Waals surface area (Å²) in [7, 11) is 0. The van der Waals surface area contributed by atoms with Crippen LogP contribution in [0.4, 0.5) is 0 Å². The van der Waals surface area contributed by atoms with E-state index in [2.05, 4.69) is 48.6 Å². The first-order valence-electron chi connectivity index (χ1n) is 7.07. The Morgan fingerprint density at radius 2 is 1.90 bits per heavy atom. The van der Waals surface area contributed by atoms with Gasteiger partial charge >= 0.3 is 0 Å². The average molecular weight is 270 g/mol. The molecule has 1 heterocycles. The molecule has 2 N–H and O–H groups in total. The minimum absolute atomic E-state index is 0.345. The summed E-state index contributed by atoms with van der Waals surface area (Å²) in [6.07, 6.45) is 1.04. The van der Waals surface area contributed by atoms with E-state index in [-0.39, 0.29) is 0 Å². The fourth-order valence-corrected chi connectivity index (χ4v) is 2.46. The van der Waals surface area contributed by atoms with Gasteiger partial charge in [0.1, 0.15) is 6.54 Å². The molecule has 2 aromatic carbocycles. The van der Waals surface area contributed by atoms with Gasteiger partial charge in [-0.05, 0) is 30.2 Å². The first kappa shape index (κ1) is 13.0. The number of quaternary nitrogens is 1. The summed E-state index contributed by atoms with van der Waals surface area (Å²) >= 11 is 0. The quantitative estimate of drug-likeness (QED) is 0.844. The SMILES string of the molecule is Cc1ccccc1C[NH2+]CCc1ccc2c(c1)OCO2. The van der Waals surface area contributed by atoms with Crippen LogP contribution in [0.5, 0.6) is 11.5 Å². The lowest BCUT2D eigenvalue weighted by Crippen LogP contribution is -2.83. The monoisotopic (exact) mass is 270 g/mol. The van der Waals surface area contributed by atoms with Gasteiger partial charge in [-0.1, -0.05) is 30.3 Å². The third-order valence-electron chi connectivity index (χ3n) is 3.70. The zero-order chi connectivity index (χ0) is 13.8. The van der Waals surface area contributed by atoms with Gasteiger partial charge < -0.3 is 14.8 Å². The number of hydrogen-bond acceptors (Lipinski definition) is 2. The first-order chi connectivity index (χ1) is 9.83. The Hall–Kier alpha value is -2.00. The smallest absolute Gasteiger partial charge is 0.231 e. The highest BCUT2D eigenvalue weighted by Crippen LogP contribution is 2.32. The Morgan fingerprint density at radius 1 is 1.05 bits per heavy atom. The summed E-state index contributed by atoms with van der Waals surface area (Å²) in [5.41, 5.74) is 4.08. The van der Waals surface area contributed by atoms with Gasteiger partial charge in [-0.3, -0.25) is 0 Å². The molecule has 0 spiro atoms. The van der Waals surface area contributed by atoms with Gasteiger partial charge in [0, 0.05) is 12.0 Å². The number of aryl methyl sites for hydroxylation is 1. The van der Waals surface area contributed by atoms with Crippen molar-refractivity contribution in [2.45, 2.75) is 19.9 Å². The molecule has 0 aromatic heterocycles. The standard InChI is InChI=1S/C17H19NO2/c1-13-4-2-3-5-15(13)11-18-9-8-14-6-7-16-17(10-14)20-12-19-16/h2-7,10,18H,8-9,11-12H2,1H3/p+1. The molecule has 3 heteroatoms. The molecule has 0 aliphatic carbocycles. The largest absolute Gasteiger partial charge is 0.454 e. The van der Waals surface area contributed by atoms with Crippen LogP contribution in [0, 0.1) is 6.92 Å². The normalized spacial score (nSPS) is 12.7. The minimum Gasteiger partial charge on any atom is -0.454 e. The maximum atomic E-state index is 5.40. The maximum Gasteiger partial charge on any atom is 0.231 e. The zero-order valence-electron chi connectivity index (χ0n) is 11.8. The molecule has 0 unspecified atom stereocenters. The zero-order valence-corrected chi connectivity index (χ0v) is 11.8. The second-order valence-electron chi connectivity index (χ2n) is 5.15. The van der Waals surface area contributed by atoms with Crippen LogP contribution < -0.4 is 14.8 Å². The topological polar surface area (TPSA) is 35.1 Å². The lowest BCUT2D eigenvalue weighted by molar-refractivity contribution is -0.670. The third kappa shape index (κ3) is 2.94. The fourth-order valence-electron chi connectivity index (χ4n) is 2.46. The number of fused-ring (bicyclic) bond motifs is 1. The van der Waals surface area contributed by atoms with E-state index < -0.39 is 0 Å². The Morgan fingerprint density at radius 3 is 2.80 bits per heavy atom. The van der Waals surface area contributed by atoms with Crippen LogP contribution in [0.2, 0.25) is 0 Å². The van der Waals surface area contributed by atoms with Crippen LogP contribution in [0.15, 0.2) is 42.5 Å². The lowest BCUT2D eigenvalue weighted by Gasteiger charge is -2.05. The van der Waals surface area contributed by atoms with E-state index in [0.29, 0.717) is 6.79 Å². The van der Waals surface area contributed by atoms with Crippen LogP contribution in [-0.2, 0) is 13.0 Å². The molecule has 3 rings (SSSR count). The van der Waals surface area contributed by atoms with Crippen molar-refractivity contribution in [3.63, 3.8) is 0 Å². The number of nitrogens with two attached hydrogens (primary N) is 1. The number of benzene rings is 2. The van der Waals surface area contributed by atoms with Crippen molar-refractivity contribution in [1.82, 2.24) is 0 Å². The highest BCUT2D eigenvalue weighted by atomic mass is 16.7. The fraction of sp³-hybridized carbons (Fsp3) is 0.294. The van der Waals surface area contributed by atoms with E-state index in [1.54, 1.807) is 0 Å². The molecule has 0 radical (unpaired) electrons. The van der Waals surface area contributed by atoms with Gasteiger partial charge in [0.25, 0.3) is 0 Å². The van der Waals surface area contributed by atoms with Crippen LogP contribution in [0.1, 0.15) is 16.7 Å². The van der Waals surface area contributed by atoms with Crippen molar-refractivity contribution in [2.24, 2.45) is 0 Å². The molecule has 0 saturated heterocycles. The molecule has 0 saturated carbocycles. The Kier molecular flexibility index (Phi) is 3.88. The van der Waals surface area contributed by atoms with E-state index >= 15 is 0 Å². The van der Waals surface area contributed by atoms with Crippen molar-refractivity contribution in [3.8, 4) is 11.5 Å². The summed E-state index contributed by atoms with van der Waals surface area (Å²) in [6, 6.07) is 14.8. The van der Waals surface area contributed by atoms with Crippen molar-refractivity contribution in [2.75, 3.05) is 13.3 Å². The highest BCUT2D eigenvalue weighted by molar-refractivity contribution is 5.44. The Bertz CT molecular complexity index is 595. The van der Waals surface area contributed by atoms with Crippen LogP contribution in [-0.4, -0.2) is 13.3 Å². The molecule has 104 valence electrons. The molecule has 20 heavy (non-hydrogen) atoms. The van der Waals surface area contributed by atoms with E-state index in [1.165, 1.54) is 16.7 Å². The summed E-state index contributed by atoms with van der Waals surface area (Å²) in [5, 5.41) is 2.35. The van der Waals surface area contributed by atoms with Gasteiger partial charge in [-0.15, -0.1) is 0 Å². The third-order valence-corrected chi connectivity index (χ3v) is 3.70. The van der Waals surface area contributed by atoms with Crippen LogP contribution in [0.3, 0.4) is 0 Å². The second-order valence-corrected chi connectivity index (χ2v) is 5.15. The average Bonchev–Trinajstić information content (AvgIpc) is 2.93. The van der Waals surface area contributed by atoms with Crippen molar-refractivity contribution in [1.29, 1.82) is 0 Å². The van der Waals surface area contributed by atoms with Crippen molar-refractivity contribution in [3.05, 3.63) is 59.2 Å². The molecular formula is C17H20NO2+. The number of rotatable bonds is 5. The molecule has 2 aromatic rings. The Labute approximate surface area is 119 Å². The number of hydrogen-bond donors (Lipinski definition) is 1. The predicted octanol–water partition coefficient (Wildman–Crippen LogP) is 2.03. The van der Waals surface area contributed by atoms with Gasteiger partial charge in [-0.2, -0.15) is 0 Å². The molecule has 0 amide bonds. The van der Waals surface area contributed by atoms with Crippen LogP contribution >= 0.6 is 0 Å². The van der Waals surface area contributed by atoms with E-state index in [1.807, 2.05) is 6.07 Å². The van der Waals surface area contributed by atoms with E-state index in [0.717, 1.165) is 31.0 Å². The van der Waals surface area contributed by atoms with E-state index in [9.17, 15) is 0 Å². The summed E-state index contributed by atoms with van der Waals surface area (Å²) < 4.78 is 10.7. The molecular weight excluding hydrogens is 250 g/mol. The highest BCUT2D eigenvalue weighted by Gasteiger charge is 2.13. The molecule has 0 fully saturated rings. The second kappa shape index (κ2) is 5.97. The molecule has 0 atom stereocenters. The van der Waals surface area contributed by atoms with Crippen molar-refractivity contribution < 1.29 is 14.8 Å². The minimum atomic E-state index is 0.345. The molecule has 0 bridgehead atoms. The molecule has 1 aliphatic heterocycles. The molecule has 1 aliphatic rings. The lowest BCUT2D eigenvalue weighted by atomic mass is 10.1. The van der Waals surface area contributed by atoms with E-state index in [4.69, 9.17) is 9.47 Å². The summed E-state index contributed by atoms with van der Waals surface area (Å²) in [6.45, 7) is 4.63. The number of ether oxygens (including phenoxy) is 2. The molecule has 3 nitrogen and oxygen atoms in total. The van der Waals surface area contributed by atoms with Gasteiger partial charge in [0.05, 0.1) is 6.54 Å². The Balaban J connectivity index is 1.49. The summed E-state index contributed by atoms with van der Waals surface area (Å²) in [4.78, 5) is 0. The van der Waals surface area contributed by atoms with Crippen LogP contribution in [0.25, 0.3) is 0 Å². The first-order valence-corrected chi connectivity index (χ1v) is 7.07. The van der Waals surface area contributed by atoms with Gasteiger partial charge in [-0.25, -0.2) is 0 Å². The maximum absolute atomic E-state index is 5.40. The van der Waals surface area contributed by atoms with Gasteiger partial charge in [0.15, 0.2) is 11.5 Å². The predicted molar refractivity (Wildman–Crippen MR) is 77.9 cm³/mol. The van der Waals surface area contributed by atoms with Gasteiger partial charge in [0.2, 0.25) is 6.79 Å².